The van der Waals surface area contributed by atoms with E-state index >= 15 is 0 Å². The Morgan fingerprint density at radius 1 is 0.800 bits per heavy atom. The first-order chi connectivity index (χ1) is 17.0. The molecule has 2 N–H and O–H groups in total. The highest BCUT2D eigenvalue weighted by Gasteiger charge is 2.18. The molecule has 170 valence electrons. The van der Waals surface area contributed by atoms with Crippen LogP contribution in [0.1, 0.15) is 15.9 Å². The molecule has 0 atom stereocenters. The molecular weight excluding hydrogens is 520 g/mol. The van der Waals surface area contributed by atoms with E-state index < -0.39 is 5.91 Å². The number of nitrogens with two attached hydrogens (primary N) is 1. The van der Waals surface area contributed by atoms with Crippen LogP contribution < -0.4 is 5.73 Å². The zero-order chi connectivity index (χ0) is 24.1. The van der Waals surface area contributed by atoms with Crippen molar-refractivity contribution >= 4 is 66.0 Å². The fourth-order valence-electron chi connectivity index (χ4n) is 4.91. The van der Waals surface area contributed by atoms with Gasteiger partial charge in [0.2, 0.25) is 5.91 Å². The van der Waals surface area contributed by atoms with Crippen LogP contribution in [0.4, 0.5) is 0 Å². The Morgan fingerprint density at radius 2 is 1.57 bits per heavy atom. The molecule has 6 aromatic rings. The number of fused-ring (bicyclic) bond motifs is 4. The number of hydrogen-bond acceptors (Lipinski definition) is 1. The Balaban J connectivity index is 1.62. The van der Waals surface area contributed by atoms with Gasteiger partial charge >= 0.3 is 0 Å². The lowest BCUT2D eigenvalue weighted by atomic mass is 10.0. The van der Waals surface area contributed by atoms with Crippen molar-refractivity contribution in [2.75, 3.05) is 0 Å². The van der Waals surface area contributed by atoms with Crippen LogP contribution in [0.15, 0.2) is 102 Å². The molecule has 0 aliphatic carbocycles. The van der Waals surface area contributed by atoms with E-state index in [4.69, 9.17) is 17.3 Å². The third kappa shape index (κ3) is 3.70. The standard InChI is InChI=1S/C30H20BrClN2O/c31-29-21(9-8-19-4-1-2-5-23(19)29)17-34-26-7-3-6-25(30(33)35)28(26)24-15-12-20(16-27(24)34)18-10-13-22(32)14-11-18/h1-16H,17H2,(H2,33,35). The first-order valence-corrected chi connectivity index (χ1v) is 12.5. The fourth-order valence-corrected chi connectivity index (χ4v) is 5.66. The Kier molecular flexibility index (Phi) is 5.36. The topological polar surface area (TPSA) is 48.0 Å². The van der Waals surface area contributed by atoms with Gasteiger partial charge in [-0.05, 0) is 73.7 Å². The molecule has 5 aromatic carbocycles. The fraction of sp³-hybridized carbons (Fsp3) is 0.0333. The van der Waals surface area contributed by atoms with E-state index in [1.165, 1.54) is 10.8 Å². The van der Waals surface area contributed by atoms with E-state index in [1.807, 2.05) is 36.4 Å². The minimum atomic E-state index is -0.427. The molecule has 0 spiro atoms. The molecule has 0 bridgehead atoms. The highest BCUT2D eigenvalue weighted by Crippen LogP contribution is 2.36. The van der Waals surface area contributed by atoms with E-state index in [0.717, 1.165) is 43.0 Å². The van der Waals surface area contributed by atoms with Crippen LogP contribution in [-0.2, 0) is 6.54 Å². The summed E-state index contributed by atoms with van der Waals surface area (Å²) in [6.45, 7) is 0.637. The molecule has 0 radical (unpaired) electrons. The summed E-state index contributed by atoms with van der Waals surface area (Å²) in [7, 11) is 0. The maximum Gasteiger partial charge on any atom is 0.249 e. The largest absolute Gasteiger partial charge is 0.366 e. The zero-order valence-corrected chi connectivity index (χ0v) is 21.0. The number of rotatable bonds is 4. The summed E-state index contributed by atoms with van der Waals surface area (Å²) >= 11 is 9.97. The minimum Gasteiger partial charge on any atom is -0.366 e. The highest BCUT2D eigenvalue weighted by molar-refractivity contribution is 9.10. The number of amides is 1. The van der Waals surface area contributed by atoms with Gasteiger partial charge in [-0.25, -0.2) is 0 Å². The van der Waals surface area contributed by atoms with E-state index in [-0.39, 0.29) is 0 Å². The maximum absolute atomic E-state index is 12.3. The van der Waals surface area contributed by atoms with Crippen LogP contribution in [-0.4, -0.2) is 10.5 Å². The Morgan fingerprint density at radius 3 is 2.37 bits per heavy atom. The first-order valence-electron chi connectivity index (χ1n) is 11.3. The molecule has 0 aliphatic heterocycles. The van der Waals surface area contributed by atoms with Crippen LogP contribution in [0.3, 0.4) is 0 Å². The summed E-state index contributed by atoms with van der Waals surface area (Å²) < 4.78 is 3.34. The second-order valence-corrected chi connectivity index (χ2v) is 9.88. The van der Waals surface area contributed by atoms with Crippen LogP contribution in [0.5, 0.6) is 0 Å². The van der Waals surface area contributed by atoms with Gasteiger partial charge in [-0.15, -0.1) is 0 Å². The molecule has 1 heterocycles. The number of primary amides is 1. The van der Waals surface area contributed by atoms with Gasteiger partial charge in [-0.2, -0.15) is 0 Å². The smallest absolute Gasteiger partial charge is 0.249 e. The molecule has 3 nitrogen and oxygen atoms in total. The molecule has 0 fully saturated rings. The molecule has 35 heavy (non-hydrogen) atoms. The lowest BCUT2D eigenvalue weighted by Crippen LogP contribution is -2.11. The van der Waals surface area contributed by atoms with Crippen LogP contribution in [0, 0.1) is 0 Å². The first kappa shape index (κ1) is 21.9. The third-order valence-electron chi connectivity index (χ3n) is 6.61. The number of carbonyl (C=O) groups excluding carboxylic acids is 1. The lowest BCUT2D eigenvalue weighted by molar-refractivity contribution is 0.100. The lowest BCUT2D eigenvalue weighted by Gasteiger charge is -2.12. The van der Waals surface area contributed by atoms with Gasteiger partial charge in [0.15, 0.2) is 0 Å². The van der Waals surface area contributed by atoms with Gasteiger partial charge in [0.25, 0.3) is 0 Å². The van der Waals surface area contributed by atoms with Gasteiger partial charge in [-0.1, -0.05) is 78.3 Å². The second-order valence-electron chi connectivity index (χ2n) is 8.65. The SMILES string of the molecule is NC(=O)c1cccc2c1c1ccc(-c3ccc(Cl)cc3)cc1n2Cc1ccc2ccccc2c1Br. The maximum atomic E-state index is 12.3. The van der Waals surface area contributed by atoms with Crippen molar-refractivity contribution in [3.05, 3.63) is 118 Å². The number of aromatic nitrogens is 1. The molecule has 0 saturated carbocycles. The average Bonchev–Trinajstić information content (AvgIpc) is 3.19. The zero-order valence-electron chi connectivity index (χ0n) is 18.6. The highest BCUT2D eigenvalue weighted by atomic mass is 79.9. The molecule has 0 unspecified atom stereocenters. The molecule has 1 amide bonds. The van der Waals surface area contributed by atoms with Crippen LogP contribution in [0.2, 0.25) is 5.02 Å². The van der Waals surface area contributed by atoms with E-state index in [0.29, 0.717) is 17.1 Å². The van der Waals surface area contributed by atoms with Crippen molar-refractivity contribution in [3.63, 3.8) is 0 Å². The van der Waals surface area contributed by atoms with Gasteiger partial charge in [0.1, 0.15) is 0 Å². The molecule has 0 aliphatic rings. The van der Waals surface area contributed by atoms with E-state index in [2.05, 4.69) is 75.1 Å². The number of hydrogen-bond donors (Lipinski definition) is 1. The number of benzene rings is 5. The summed E-state index contributed by atoms with van der Waals surface area (Å²) in [4.78, 5) is 12.3. The second kappa shape index (κ2) is 8.56. The molecular formula is C30H20BrClN2O. The summed E-state index contributed by atoms with van der Waals surface area (Å²) in [5.41, 5.74) is 11.7. The van der Waals surface area contributed by atoms with Crippen LogP contribution in [0.25, 0.3) is 43.7 Å². The van der Waals surface area contributed by atoms with Crippen molar-refractivity contribution in [1.29, 1.82) is 0 Å². The summed E-state index contributed by atoms with van der Waals surface area (Å²) in [5.74, 6) is -0.427. The minimum absolute atomic E-state index is 0.427. The predicted octanol–water partition coefficient (Wildman–Crippen LogP) is 8.18. The summed E-state index contributed by atoms with van der Waals surface area (Å²) in [6, 6.07) is 32.6. The van der Waals surface area contributed by atoms with Gasteiger partial charge < -0.3 is 10.3 Å². The Bertz CT molecular complexity index is 1770. The Labute approximate surface area is 215 Å². The molecule has 1 aromatic heterocycles. The van der Waals surface area contributed by atoms with Gasteiger partial charge in [0, 0.05) is 32.4 Å². The molecule has 5 heteroatoms. The van der Waals surface area contributed by atoms with E-state index in [1.54, 1.807) is 6.07 Å². The number of halogens is 2. The summed E-state index contributed by atoms with van der Waals surface area (Å²) in [5, 5.41) is 4.95. The van der Waals surface area contributed by atoms with Crippen molar-refractivity contribution in [2.45, 2.75) is 6.54 Å². The van der Waals surface area contributed by atoms with Gasteiger partial charge in [-0.3, -0.25) is 4.79 Å². The average molecular weight is 540 g/mol. The van der Waals surface area contributed by atoms with Crippen molar-refractivity contribution in [3.8, 4) is 11.1 Å². The van der Waals surface area contributed by atoms with Gasteiger partial charge in [0.05, 0.1) is 11.0 Å². The predicted molar refractivity (Wildman–Crippen MR) is 149 cm³/mol. The van der Waals surface area contributed by atoms with Crippen LogP contribution >= 0.6 is 27.5 Å². The molecule has 0 saturated heterocycles. The quantitative estimate of drug-likeness (QED) is 0.241. The van der Waals surface area contributed by atoms with Crippen molar-refractivity contribution < 1.29 is 4.79 Å². The summed E-state index contributed by atoms with van der Waals surface area (Å²) in [6.07, 6.45) is 0. The Hall–Kier alpha value is -3.60. The normalized spacial score (nSPS) is 11.5. The molecule has 6 rings (SSSR count). The van der Waals surface area contributed by atoms with Crippen molar-refractivity contribution in [2.24, 2.45) is 5.73 Å². The van der Waals surface area contributed by atoms with Crippen molar-refractivity contribution in [1.82, 2.24) is 4.57 Å². The number of carbonyl (C=O) groups is 1. The monoisotopic (exact) mass is 538 g/mol. The number of nitrogens with zero attached hydrogens (tertiary/aromatic N) is 1. The third-order valence-corrected chi connectivity index (χ3v) is 7.79. The van der Waals surface area contributed by atoms with E-state index in [9.17, 15) is 4.79 Å².